The number of aryl methyl sites for hydroxylation is 1. The van der Waals surface area contributed by atoms with Gasteiger partial charge in [0.25, 0.3) is 0 Å². The molecule has 1 aromatic heterocycles. The zero-order chi connectivity index (χ0) is 6.81. The number of thiazole rings is 1. The molecule has 0 bridgehead atoms. The minimum absolute atomic E-state index is 0.545. The molecule has 1 saturated heterocycles. The van der Waals surface area contributed by atoms with Crippen molar-refractivity contribution in [3.63, 3.8) is 0 Å². The molecule has 1 aliphatic heterocycles. The molecule has 2 heterocycles. The van der Waals surface area contributed by atoms with Crippen molar-refractivity contribution >= 4 is 11.3 Å². The van der Waals surface area contributed by atoms with Gasteiger partial charge in [-0.05, 0) is 6.42 Å². The fraction of sp³-hybridized carbons (Fsp3) is 0.571. The minimum atomic E-state index is 0.545. The van der Waals surface area contributed by atoms with Crippen LogP contribution >= 0.6 is 11.3 Å². The van der Waals surface area contributed by atoms with Crippen LogP contribution in [-0.4, -0.2) is 17.7 Å². The van der Waals surface area contributed by atoms with Gasteiger partial charge in [-0.2, -0.15) is 0 Å². The second kappa shape index (κ2) is 2.68. The molecule has 2 nitrogen and oxygen atoms in total. The van der Waals surface area contributed by atoms with Crippen molar-refractivity contribution in [2.75, 3.05) is 6.61 Å². The van der Waals surface area contributed by atoms with Gasteiger partial charge in [-0.15, -0.1) is 11.3 Å². The molecular formula is C7H9NOS. The summed E-state index contributed by atoms with van der Waals surface area (Å²) in [5.41, 5.74) is 0. The molecule has 0 N–H and O–H groups in total. The fourth-order valence-electron chi connectivity index (χ4n) is 0.896. The van der Waals surface area contributed by atoms with Gasteiger partial charge < -0.3 is 4.74 Å². The van der Waals surface area contributed by atoms with Gasteiger partial charge in [0.2, 0.25) is 0 Å². The van der Waals surface area contributed by atoms with Gasteiger partial charge in [-0.25, -0.2) is 4.98 Å². The van der Waals surface area contributed by atoms with E-state index in [2.05, 4.69) is 4.98 Å². The number of rotatable bonds is 3. The molecule has 0 amide bonds. The van der Waals surface area contributed by atoms with E-state index >= 15 is 0 Å². The Morgan fingerprint density at radius 3 is 3.30 bits per heavy atom. The second-order valence-corrected chi connectivity index (χ2v) is 3.40. The average Bonchev–Trinajstić information content (AvgIpc) is 2.63. The van der Waals surface area contributed by atoms with Gasteiger partial charge in [0.1, 0.15) is 0 Å². The molecule has 0 aliphatic carbocycles. The summed E-state index contributed by atoms with van der Waals surface area (Å²) in [5.74, 6) is 0. The van der Waals surface area contributed by atoms with Crippen molar-refractivity contribution in [2.45, 2.75) is 18.9 Å². The monoisotopic (exact) mass is 155 g/mol. The van der Waals surface area contributed by atoms with Crippen LogP contribution in [-0.2, 0) is 11.2 Å². The number of epoxide rings is 1. The molecular weight excluding hydrogens is 146 g/mol. The topological polar surface area (TPSA) is 25.4 Å². The Kier molecular flexibility index (Phi) is 1.69. The van der Waals surface area contributed by atoms with Crippen LogP contribution in [0.15, 0.2) is 11.6 Å². The summed E-state index contributed by atoms with van der Waals surface area (Å²) in [7, 11) is 0. The summed E-state index contributed by atoms with van der Waals surface area (Å²) < 4.78 is 5.08. The van der Waals surface area contributed by atoms with Crippen molar-refractivity contribution in [2.24, 2.45) is 0 Å². The summed E-state index contributed by atoms with van der Waals surface area (Å²) in [6.45, 7) is 0.964. The van der Waals surface area contributed by atoms with Crippen LogP contribution in [0.4, 0.5) is 0 Å². The van der Waals surface area contributed by atoms with Gasteiger partial charge in [0.15, 0.2) is 0 Å². The minimum Gasteiger partial charge on any atom is -0.373 e. The quantitative estimate of drug-likeness (QED) is 0.618. The van der Waals surface area contributed by atoms with E-state index in [0.717, 1.165) is 19.4 Å². The lowest BCUT2D eigenvalue weighted by Crippen LogP contribution is -1.89. The zero-order valence-corrected chi connectivity index (χ0v) is 6.43. The second-order valence-electron chi connectivity index (χ2n) is 2.42. The molecule has 1 fully saturated rings. The Morgan fingerprint density at radius 2 is 2.70 bits per heavy atom. The van der Waals surface area contributed by atoms with Crippen molar-refractivity contribution in [1.29, 1.82) is 0 Å². The Hall–Kier alpha value is -0.410. The molecule has 10 heavy (non-hydrogen) atoms. The highest BCUT2D eigenvalue weighted by molar-refractivity contribution is 7.09. The lowest BCUT2D eigenvalue weighted by Gasteiger charge is -1.89. The van der Waals surface area contributed by atoms with Crippen molar-refractivity contribution < 1.29 is 4.74 Å². The first-order valence-corrected chi connectivity index (χ1v) is 4.33. The summed E-state index contributed by atoms with van der Waals surface area (Å²) in [4.78, 5) is 4.18. The van der Waals surface area contributed by atoms with E-state index in [9.17, 15) is 0 Å². The van der Waals surface area contributed by atoms with Crippen LogP contribution in [0.1, 0.15) is 11.4 Å². The van der Waals surface area contributed by atoms with Crippen LogP contribution in [0.2, 0.25) is 0 Å². The lowest BCUT2D eigenvalue weighted by molar-refractivity contribution is 0.396. The number of hydrogen-bond acceptors (Lipinski definition) is 3. The largest absolute Gasteiger partial charge is 0.373 e. The maximum atomic E-state index is 5.08. The fourth-order valence-corrected chi connectivity index (χ4v) is 1.53. The summed E-state index contributed by atoms with van der Waals surface area (Å²) in [6, 6.07) is 0. The Morgan fingerprint density at radius 1 is 1.80 bits per heavy atom. The van der Waals surface area contributed by atoms with Crippen LogP contribution in [0.3, 0.4) is 0 Å². The van der Waals surface area contributed by atoms with Gasteiger partial charge in [0.05, 0.1) is 17.7 Å². The zero-order valence-electron chi connectivity index (χ0n) is 5.62. The summed E-state index contributed by atoms with van der Waals surface area (Å²) >= 11 is 1.73. The number of aromatic nitrogens is 1. The first-order valence-electron chi connectivity index (χ1n) is 3.45. The normalized spacial score (nSPS) is 23.0. The molecule has 0 radical (unpaired) electrons. The van der Waals surface area contributed by atoms with E-state index in [1.807, 2.05) is 11.6 Å². The third-order valence-corrected chi connectivity index (χ3v) is 2.41. The van der Waals surface area contributed by atoms with Crippen LogP contribution in [0.5, 0.6) is 0 Å². The van der Waals surface area contributed by atoms with E-state index in [0.29, 0.717) is 6.10 Å². The maximum Gasteiger partial charge on any atom is 0.0925 e. The smallest absolute Gasteiger partial charge is 0.0925 e. The molecule has 54 valence electrons. The number of ether oxygens (including phenoxy) is 1. The highest BCUT2D eigenvalue weighted by Crippen LogP contribution is 2.17. The van der Waals surface area contributed by atoms with E-state index in [4.69, 9.17) is 4.74 Å². The number of hydrogen-bond donors (Lipinski definition) is 0. The maximum absolute atomic E-state index is 5.08. The standard InChI is InChI=1S/C7H9NOS/c1(6-5-9-6)2-7-8-3-4-10-7/h3-4,6H,1-2,5H2. The van der Waals surface area contributed by atoms with Gasteiger partial charge >= 0.3 is 0 Å². The van der Waals surface area contributed by atoms with Crippen LogP contribution in [0, 0.1) is 0 Å². The number of nitrogens with zero attached hydrogens (tertiary/aromatic N) is 1. The van der Waals surface area contributed by atoms with Crippen LogP contribution < -0.4 is 0 Å². The Bertz CT molecular complexity index is 193. The highest BCUT2D eigenvalue weighted by Gasteiger charge is 2.21. The summed E-state index contributed by atoms with van der Waals surface area (Å²) in [6.07, 6.45) is 4.63. The molecule has 1 unspecified atom stereocenters. The van der Waals surface area contributed by atoms with E-state index in [-0.39, 0.29) is 0 Å². The van der Waals surface area contributed by atoms with Crippen molar-refractivity contribution in [3.05, 3.63) is 16.6 Å². The highest BCUT2D eigenvalue weighted by atomic mass is 32.1. The van der Waals surface area contributed by atoms with E-state index in [1.165, 1.54) is 5.01 Å². The molecule has 2 rings (SSSR count). The molecule has 1 atom stereocenters. The van der Waals surface area contributed by atoms with E-state index < -0.39 is 0 Å². The summed E-state index contributed by atoms with van der Waals surface area (Å²) in [5, 5.41) is 3.25. The van der Waals surface area contributed by atoms with E-state index in [1.54, 1.807) is 11.3 Å². The Labute approximate surface area is 63.9 Å². The molecule has 3 heteroatoms. The molecule has 0 aromatic carbocycles. The third-order valence-electron chi connectivity index (χ3n) is 1.57. The van der Waals surface area contributed by atoms with Crippen LogP contribution in [0.25, 0.3) is 0 Å². The SMILES string of the molecule is c1csc(CCC2CO2)n1. The first-order chi connectivity index (χ1) is 4.95. The van der Waals surface area contributed by atoms with Gasteiger partial charge in [-0.1, -0.05) is 0 Å². The first kappa shape index (κ1) is 6.31. The predicted molar refractivity (Wildman–Crippen MR) is 40.2 cm³/mol. The molecule has 1 aromatic rings. The molecule has 0 spiro atoms. The lowest BCUT2D eigenvalue weighted by atomic mass is 10.2. The molecule has 0 saturated carbocycles. The third kappa shape index (κ3) is 1.55. The Balaban J connectivity index is 1.79. The molecule has 1 aliphatic rings. The average molecular weight is 155 g/mol. The van der Waals surface area contributed by atoms with Gasteiger partial charge in [-0.3, -0.25) is 0 Å². The predicted octanol–water partition coefficient (Wildman–Crippen LogP) is 1.47. The van der Waals surface area contributed by atoms with Crippen molar-refractivity contribution in [1.82, 2.24) is 4.98 Å². The van der Waals surface area contributed by atoms with Gasteiger partial charge in [0, 0.05) is 18.0 Å². The van der Waals surface area contributed by atoms with Crippen molar-refractivity contribution in [3.8, 4) is 0 Å².